The standard InChI is InChI=1S/C25H22N4O4/c1-16-4-6-18(7-5-16)25-20(28-13-12-17(2)14-23(28)27-25)9-11-24(30)26-19-8-10-22(33-3)21(15-19)29(31)32/h4-15H,1-3H3,(H,26,30)/b11-9+. The molecule has 0 unspecified atom stereocenters. The highest BCUT2D eigenvalue weighted by Crippen LogP contribution is 2.30. The van der Waals surface area contributed by atoms with Gasteiger partial charge in [0.2, 0.25) is 5.91 Å². The topological polar surface area (TPSA) is 98.8 Å². The highest BCUT2D eigenvalue weighted by molar-refractivity contribution is 6.02. The van der Waals surface area contributed by atoms with E-state index in [-0.39, 0.29) is 11.4 Å². The van der Waals surface area contributed by atoms with Gasteiger partial charge in [0.1, 0.15) is 5.65 Å². The van der Waals surface area contributed by atoms with Crippen LogP contribution in [0.3, 0.4) is 0 Å². The number of aryl methyl sites for hydroxylation is 2. The number of pyridine rings is 1. The van der Waals surface area contributed by atoms with Gasteiger partial charge in [-0.3, -0.25) is 19.3 Å². The molecular formula is C25H22N4O4. The number of carbonyl (C=O) groups is 1. The molecule has 2 heterocycles. The van der Waals surface area contributed by atoms with Gasteiger partial charge >= 0.3 is 5.69 Å². The number of aromatic nitrogens is 2. The quantitative estimate of drug-likeness (QED) is 0.252. The Morgan fingerprint density at radius 2 is 1.85 bits per heavy atom. The largest absolute Gasteiger partial charge is 0.490 e. The first kappa shape index (κ1) is 21.8. The smallest absolute Gasteiger partial charge is 0.312 e. The Morgan fingerprint density at radius 3 is 2.55 bits per heavy atom. The normalized spacial score (nSPS) is 11.1. The zero-order chi connectivity index (χ0) is 23.5. The van der Waals surface area contributed by atoms with Crippen LogP contribution in [0, 0.1) is 24.0 Å². The number of methoxy groups -OCH3 is 1. The first-order valence-corrected chi connectivity index (χ1v) is 10.2. The SMILES string of the molecule is COc1ccc(NC(=O)/C=C/c2c(-c3ccc(C)cc3)nc3cc(C)ccn23)cc1[N+](=O)[O-]. The number of anilines is 1. The van der Waals surface area contributed by atoms with Crippen LogP contribution in [0.1, 0.15) is 16.8 Å². The van der Waals surface area contributed by atoms with Crippen molar-refractivity contribution in [3.8, 4) is 17.0 Å². The number of hydrogen-bond acceptors (Lipinski definition) is 5. The number of fused-ring (bicyclic) bond motifs is 1. The molecule has 0 radical (unpaired) electrons. The number of nitro benzene ring substituents is 1. The van der Waals surface area contributed by atoms with E-state index < -0.39 is 10.8 Å². The molecule has 33 heavy (non-hydrogen) atoms. The van der Waals surface area contributed by atoms with Gasteiger partial charge in [-0.25, -0.2) is 4.98 Å². The molecule has 8 nitrogen and oxygen atoms in total. The van der Waals surface area contributed by atoms with Crippen LogP contribution in [-0.4, -0.2) is 27.3 Å². The van der Waals surface area contributed by atoms with Crippen molar-refractivity contribution < 1.29 is 14.5 Å². The molecule has 2 aromatic carbocycles. The second-order valence-corrected chi connectivity index (χ2v) is 7.61. The van der Waals surface area contributed by atoms with Crippen molar-refractivity contribution in [2.24, 2.45) is 0 Å². The molecule has 0 fully saturated rings. The van der Waals surface area contributed by atoms with E-state index >= 15 is 0 Å². The molecule has 0 aliphatic carbocycles. The molecule has 0 aliphatic rings. The number of nitrogens with zero attached hydrogens (tertiary/aromatic N) is 3. The van der Waals surface area contributed by atoms with Crippen LogP contribution >= 0.6 is 0 Å². The van der Waals surface area contributed by atoms with Gasteiger partial charge in [0.05, 0.1) is 23.4 Å². The van der Waals surface area contributed by atoms with Gasteiger partial charge in [0, 0.05) is 29.6 Å². The summed E-state index contributed by atoms with van der Waals surface area (Å²) in [6.45, 7) is 4.02. The summed E-state index contributed by atoms with van der Waals surface area (Å²) >= 11 is 0. The Balaban J connectivity index is 1.67. The van der Waals surface area contributed by atoms with Crippen molar-refractivity contribution in [1.29, 1.82) is 0 Å². The average molecular weight is 442 g/mol. The summed E-state index contributed by atoms with van der Waals surface area (Å²) in [6.07, 6.45) is 4.99. The third-order valence-electron chi connectivity index (χ3n) is 5.18. The minimum Gasteiger partial charge on any atom is -0.490 e. The van der Waals surface area contributed by atoms with Gasteiger partial charge in [-0.1, -0.05) is 29.8 Å². The Labute approximate surface area is 190 Å². The Bertz CT molecular complexity index is 1390. The van der Waals surface area contributed by atoms with E-state index in [9.17, 15) is 14.9 Å². The van der Waals surface area contributed by atoms with Gasteiger partial charge in [-0.2, -0.15) is 0 Å². The van der Waals surface area contributed by atoms with Crippen molar-refractivity contribution >= 4 is 29.0 Å². The lowest BCUT2D eigenvalue weighted by molar-refractivity contribution is -0.385. The lowest BCUT2D eigenvalue weighted by Gasteiger charge is -2.06. The molecule has 1 N–H and O–H groups in total. The predicted octanol–water partition coefficient (Wildman–Crippen LogP) is 5.19. The molecule has 4 rings (SSSR count). The summed E-state index contributed by atoms with van der Waals surface area (Å²) in [5, 5.41) is 13.9. The number of imidazole rings is 1. The number of amides is 1. The number of hydrogen-bond donors (Lipinski definition) is 1. The lowest BCUT2D eigenvalue weighted by atomic mass is 10.1. The minimum absolute atomic E-state index is 0.123. The molecule has 0 saturated carbocycles. The number of nitro groups is 1. The van der Waals surface area contributed by atoms with Crippen molar-refractivity contribution in [2.75, 3.05) is 12.4 Å². The summed E-state index contributed by atoms with van der Waals surface area (Å²) in [7, 11) is 1.35. The number of nitrogens with one attached hydrogen (secondary N) is 1. The Morgan fingerprint density at radius 1 is 1.09 bits per heavy atom. The maximum atomic E-state index is 12.6. The van der Waals surface area contributed by atoms with Gasteiger partial charge in [0.15, 0.2) is 5.75 Å². The van der Waals surface area contributed by atoms with Crippen molar-refractivity contribution in [3.05, 3.63) is 93.8 Å². The summed E-state index contributed by atoms with van der Waals surface area (Å²) < 4.78 is 6.92. The van der Waals surface area contributed by atoms with Crippen LogP contribution in [-0.2, 0) is 4.79 Å². The summed E-state index contributed by atoms with van der Waals surface area (Å²) in [5.74, 6) is -0.302. The van der Waals surface area contributed by atoms with E-state index in [2.05, 4.69) is 5.32 Å². The highest BCUT2D eigenvalue weighted by atomic mass is 16.6. The highest BCUT2D eigenvalue weighted by Gasteiger charge is 2.16. The van der Waals surface area contributed by atoms with Crippen LogP contribution in [0.15, 0.2) is 66.9 Å². The van der Waals surface area contributed by atoms with E-state index in [0.717, 1.165) is 33.7 Å². The average Bonchev–Trinajstić information content (AvgIpc) is 3.15. The molecule has 0 atom stereocenters. The van der Waals surface area contributed by atoms with Crippen LogP contribution in [0.25, 0.3) is 23.0 Å². The maximum Gasteiger partial charge on any atom is 0.312 e. The van der Waals surface area contributed by atoms with E-state index in [1.807, 2.05) is 60.8 Å². The molecule has 4 aromatic rings. The van der Waals surface area contributed by atoms with Crippen LogP contribution in [0.2, 0.25) is 0 Å². The van der Waals surface area contributed by atoms with Gasteiger partial charge in [-0.05, 0) is 49.8 Å². The van der Waals surface area contributed by atoms with Crippen molar-refractivity contribution in [3.63, 3.8) is 0 Å². The molecule has 0 spiro atoms. The van der Waals surface area contributed by atoms with Crippen LogP contribution in [0.5, 0.6) is 5.75 Å². The zero-order valence-corrected chi connectivity index (χ0v) is 18.4. The molecule has 166 valence electrons. The number of rotatable bonds is 6. The fourth-order valence-electron chi connectivity index (χ4n) is 3.50. The first-order valence-electron chi connectivity index (χ1n) is 10.2. The third kappa shape index (κ3) is 4.59. The summed E-state index contributed by atoms with van der Waals surface area (Å²) in [5.41, 5.74) is 5.52. The Kier molecular flexibility index (Phi) is 5.91. The van der Waals surface area contributed by atoms with E-state index in [1.165, 1.54) is 25.3 Å². The van der Waals surface area contributed by atoms with Crippen LogP contribution < -0.4 is 10.1 Å². The maximum absolute atomic E-state index is 12.6. The minimum atomic E-state index is -0.557. The van der Waals surface area contributed by atoms with E-state index in [1.54, 1.807) is 12.1 Å². The molecule has 8 heteroatoms. The molecule has 0 bridgehead atoms. The molecule has 2 aromatic heterocycles. The number of ether oxygens (including phenoxy) is 1. The zero-order valence-electron chi connectivity index (χ0n) is 18.4. The predicted molar refractivity (Wildman–Crippen MR) is 127 cm³/mol. The van der Waals surface area contributed by atoms with Gasteiger partial charge in [0.25, 0.3) is 0 Å². The summed E-state index contributed by atoms with van der Waals surface area (Å²) in [4.78, 5) is 28.0. The molecule has 1 amide bonds. The van der Waals surface area contributed by atoms with Crippen molar-refractivity contribution in [2.45, 2.75) is 13.8 Å². The van der Waals surface area contributed by atoms with E-state index in [0.29, 0.717) is 5.69 Å². The second kappa shape index (κ2) is 8.96. The van der Waals surface area contributed by atoms with Gasteiger partial charge in [-0.15, -0.1) is 0 Å². The molecule has 0 aliphatic heterocycles. The number of carbonyl (C=O) groups excluding carboxylic acids is 1. The van der Waals surface area contributed by atoms with Gasteiger partial charge < -0.3 is 10.1 Å². The molecule has 0 saturated heterocycles. The monoisotopic (exact) mass is 442 g/mol. The van der Waals surface area contributed by atoms with E-state index in [4.69, 9.17) is 9.72 Å². The Hall–Kier alpha value is -4.46. The van der Waals surface area contributed by atoms with Crippen molar-refractivity contribution in [1.82, 2.24) is 9.38 Å². The lowest BCUT2D eigenvalue weighted by Crippen LogP contribution is -2.08. The number of benzene rings is 2. The second-order valence-electron chi connectivity index (χ2n) is 7.61. The fraction of sp³-hybridized carbons (Fsp3) is 0.120. The first-order chi connectivity index (χ1) is 15.9. The summed E-state index contributed by atoms with van der Waals surface area (Å²) in [6, 6.07) is 16.2. The fourth-order valence-corrected chi connectivity index (χ4v) is 3.50. The third-order valence-corrected chi connectivity index (χ3v) is 5.18. The van der Waals surface area contributed by atoms with Crippen LogP contribution in [0.4, 0.5) is 11.4 Å². The molecular weight excluding hydrogens is 420 g/mol.